The predicted molar refractivity (Wildman–Crippen MR) is 105 cm³/mol. The number of hydrogen-bond donors (Lipinski definition) is 0. The van der Waals surface area contributed by atoms with Crippen molar-refractivity contribution in [2.24, 2.45) is 0 Å². The minimum Gasteiger partial charge on any atom is -0.457 e. The summed E-state index contributed by atoms with van der Waals surface area (Å²) in [5, 5.41) is 5.86. The van der Waals surface area contributed by atoms with Gasteiger partial charge in [-0.1, -0.05) is 12.8 Å². The number of nitrogens with zero attached hydrogens (tertiary/aromatic N) is 4. The number of rotatable bonds is 4. The van der Waals surface area contributed by atoms with E-state index in [-0.39, 0.29) is 5.82 Å². The van der Waals surface area contributed by atoms with Crippen LogP contribution < -0.4 is 4.74 Å². The molecule has 5 rings (SSSR count). The van der Waals surface area contributed by atoms with E-state index in [2.05, 4.69) is 14.6 Å². The highest BCUT2D eigenvalue weighted by atomic mass is 19.1. The summed E-state index contributed by atoms with van der Waals surface area (Å²) in [7, 11) is 0. The van der Waals surface area contributed by atoms with Gasteiger partial charge in [0, 0.05) is 11.8 Å². The monoisotopic (exact) mass is 374 g/mol. The summed E-state index contributed by atoms with van der Waals surface area (Å²) < 4.78 is 20.9. The van der Waals surface area contributed by atoms with E-state index in [1.165, 1.54) is 25.0 Å². The van der Waals surface area contributed by atoms with Gasteiger partial charge in [0.15, 0.2) is 5.65 Å². The van der Waals surface area contributed by atoms with Crippen molar-refractivity contribution in [2.75, 3.05) is 0 Å². The van der Waals surface area contributed by atoms with Crippen molar-refractivity contribution in [3.8, 4) is 22.8 Å². The van der Waals surface area contributed by atoms with Gasteiger partial charge < -0.3 is 4.74 Å². The normalized spacial score (nSPS) is 14.6. The summed E-state index contributed by atoms with van der Waals surface area (Å²) >= 11 is 0. The van der Waals surface area contributed by atoms with Crippen molar-refractivity contribution in [1.29, 1.82) is 0 Å². The standard InChI is InChI=1S/C22H19FN4O/c23-16-7-11-19(12-8-16)28-18-9-5-15(6-10-18)21-20-13-24-14-25-22(20)27(26-21)17-3-1-2-4-17/h5-14,17H,1-4H2. The van der Waals surface area contributed by atoms with Crippen LogP contribution >= 0.6 is 0 Å². The molecular formula is C22H19FN4O. The fraction of sp³-hybridized carbons (Fsp3) is 0.227. The lowest BCUT2D eigenvalue weighted by Crippen LogP contribution is -2.07. The first-order chi connectivity index (χ1) is 13.8. The smallest absolute Gasteiger partial charge is 0.162 e. The molecular weight excluding hydrogens is 355 g/mol. The molecule has 1 fully saturated rings. The Bertz CT molecular complexity index is 1100. The summed E-state index contributed by atoms with van der Waals surface area (Å²) in [6.07, 6.45) is 8.18. The molecule has 2 aromatic carbocycles. The van der Waals surface area contributed by atoms with Gasteiger partial charge in [-0.25, -0.2) is 19.0 Å². The maximum Gasteiger partial charge on any atom is 0.162 e. The largest absolute Gasteiger partial charge is 0.457 e. The van der Waals surface area contributed by atoms with Crippen LogP contribution in [0.2, 0.25) is 0 Å². The van der Waals surface area contributed by atoms with Gasteiger partial charge in [-0.3, -0.25) is 0 Å². The Kier molecular flexibility index (Phi) is 4.24. The molecule has 0 atom stereocenters. The van der Waals surface area contributed by atoms with Gasteiger partial charge in [0.1, 0.15) is 29.3 Å². The molecule has 1 aliphatic rings. The molecule has 2 aromatic heterocycles. The Hall–Kier alpha value is -3.28. The van der Waals surface area contributed by atoms with E-state index in [4.69, 9.17) is 9.84 Å². The molecule has 1 aliphatic carbocycles. The average molecular weight is 374 g/mol. The third-order valence-electron chi connectivity index (χ3n) is 5.22. The summed E-state index contributed by atoms with van der Waals surface area (Å²) in [6.45, 7) is 0. The van der Waals surface area contributed by atoms with Gasteiger partial charge in [0.2, 0.25) is 0 Å². The maximum absolute atomic E-state index is 13.0. The first-order valence-electron chi connectivity index (χ1n) is 9.50. The average Bonchev–Trinajstić information content (AvgIpc) is 3.38. The van der Waals surface area contributed by atoms with Crippen LogP contribution in [0, 0.1) is 5.82 Å². The van der Waals surface area contributed by atoms with Crippen molar-refractivity contribution in [1.82, 2.24) is 19.7 Å². The highest BCUT2D eigenvalue weighted by molar-refractivity contribution is 5.90. The van der Waals surface area contributed by atoms with E-state index < -0.39 is 0 Å². The highest BCUT2D eigenvalue weighted by Gasteiger charge is 2.23. The second-order valence-electron chi connectivity index (χ2n) is 7.07. The quantitative estimate of drug-likeness (QED) is 0.471. The lowest BCUT2D eigenvalue weighted by atomic mass is 10.1. The molecule has 4 aromatic rings. The van der Waals surface area contributed by atoms with Gasteiger partial charge >= 0.3 is 0 Å². The van der Waals surface area contributed by atoms with E-state index in [0.29, 0.717) is 17.5 Å². The molecule has 2 heterocycles. The number of fused-ring (bicyclic) bond motifs is 1. The van der Waals surface area contributed by atoms with Crippen molar-refractivity contribution < 1.29 is 9.13 Å². The van der Waals surface area contributed by atoms with Crippen molar-refractivity contribution in [3.63, 3.8) is 0 Å². The predicted octanol–water partition coefficient (Wildman–Crippen LogP) is 5.54. The summed E-state index contributed by atoms with van der Waals surface area (Å²) in [5.41, 5.74) is 2.77. The van der Waals surface area contributed by atoms with Crippen LogP contribution in [0.15, 0.2) is 61.1 Å². The fourth-order valence-corrected chi connectivity index (χ4v) is 3.82. The van der Waals surface area contributed by atoms with Crippen LogP contribution in [0.4, 0.5) is 4.39 Å². The number of halogens is 1. The Balaban J connectivity index is 1.47. The van der Waals surface area contributed by atoms with Crippen molar-refractivity contribution in [3.05, 3.63) is 66.9 Å². The SMILES string of the molecule is Fc1ccc(Oc2ccc(-c3nn(C4CCCC4)c4ncncc34)cc2)cc1. The lowest BCUT2D eigenvalue weighted by Gasteiger charge is -2.10. The molecule has 0 bridgehead atoms. The van der Waals surface area contributed by atoms with Crippen LogP contribution in [0.1, 0.15) is 31.7 Å². The zero-order valence-corrected chi connectivity index (χ0v) is 15.3. The van der Waals surface area contributed by atoms with Gasteiger partial charge in [-0.2, -0.15) is 5.10 Å². The second-order valence-corrected chi connectivity index (χ2v) is 7.07. The van der Waals surface area contributed by atoms with Crippen LogP contribution in [0.25, 0.3) is 22.3 Å². The highest BCUT2D eigenvalue weighted by Crippen LogP contribution is 2.35. The Morgan fingerprint density at radius 3 is 2.32 bits per heavy atom. The second kappa shape index (κ2) is 7.03. The molecule has 0 N–H and O–H groups in total. The van der Waals surface area contributed by atoms with Gasteiger partial charge in [-0.15, -0.1) is 0 Å². The van der Waals surface area contributed by atoms with E-state index in [1.54, 1.807) is 18.5 Å². The number of benzene rings is 2. The number of ether oxygens (including phenoxy) is 1. The summed E-state index contributed by atoms with van der Waals surface area (Å²) in [6, 6.07) is 14.1. The van der Waals surface area contributed by atoms with Gasteiger partial charge in [-0.05, 0) is 61.4 Å². The molecule has 0 unspecified atom stereocenters. The Labute approximate surface area is 161 Å². The van der Waals surface area contributed by atoms with E-state index in [9.17, 15) is 4.39 Å². The number of hydrogen-bond acceptors (Lipinski definition) is 4. The van der Waals surface area contributed by atoms with Crippen LogP contribution in [0.5, 0.6) is 11.5 Å². The zero-order chi connectivity index (χ0) is 18.9. The molecule has 0 spiro atoms. The van der Waals surface area contributed by atoms with Crippen LogP contribution in [-0.2, 0) is 0 Å². The van der Waals surface area contributed by atoms with Crippen LogP contribution in [0.3, 0.4) is 0 Å². The Morgan fingerprint density at radius 2 is 1.61 bits per heavy atom. The molecule has 0 saturated heterocycles. The minimum absolute atomic E-state index is 0.283. The van der Waals surface area contributed by atoms with Crippen LogP contribution in [-0.4, -0.2) is 19.7 Å². The molecule has 0 aliphatic heterocycles. The van der Waals surface area contributed by atoms with Crippen molar-refractivity contribution >= 4 is 11.0 Å². The molecule has 0 radical (unpaired) electrons. The maximum atomic E-state index is 13.0. The summed E-state index contributed by atoms with van der Waals surface area (Å²) in [5.74, 6) is 0.999. The third-order valence-corrected chi connectivity index (χ3v) is 5.22. The lowest BCUT2D eigenvalue weighted by molar-refractivity contribution is 0.479. The topological polar surface area (TPSA) is 52.8 Å². The van der Waals surface area contributed by atoms with E-state index >= 15 is 0 Å². The number of aromatic nitrogens is 4. The molecule has 28 heavy (non-hydrogen) atoms. The zero-order valence-electron chi connectivity index (χ0n) is 15.3. The first-order valence-corrected chi connectivity index (χ1v) is 9.50. The molecule has 1 saturated carbocycles. The molecule has 140 valence electrons. The molecule has 6 heteroatoms. The van der Waals surface area contributed by atoms with E-state index in [1.807, 2.05) is 30.5 Å². The Morgan fingerprint density at radius 1 is 0.929 bits per heavy atom. The fourth-order valence-electron chi connectivity index (χ4n) is 3.82. The van der Waals surface area contributed by atoms with Gasteiger partial charge in [0.25, 0.3) is 0 Å². The minimum atomic E-state index is -0.283. The molecule has 0 amide bonds. The molecule has 5 nitrogen and oxygen atoms in total. The summed E-state index contributed by atoms with van der Waals surface area (Å²) in [4.78, 5) is 8.69. The first kappa shape index (κ1) is 16.9. The third kappa shape index (κ3) is 3.11. The van der Waals surface area contributed by atoms with Gasteiger partial charge in [0.05, 0.1) is 11.4 Å². The van der Waals surface area contributed by atoms with E-state index in [0.717, 1.165) is 35.1 Å². The van der Waals surface area contributed by atoms with Crippen molar-refractivity contribution in [2.45, 2.75) is 31.7 Å².